The molecule has 0 radical (unpaired) electrons. The Labute approximate surface area is 95.8 Å². The molecule has 0 saturated carbocycles. The van der Waals surface area contributed by atoms with Gasteiger partial charge < -0.3 is 5.11 Å². The van der Waals surface area contributed by atoms with Gasteiger partial charge in [-0.05, 0) is 6.42 Å². The number of nitrogens with zero attached hydrogens (tertiary/aromatic N) is 2. The van der Waals surface area contributed by atoms with Crippen molar-refractivity contribution in [1.82, 2.24) is 9.78 Å². The topological polar surface area (TPSA) is 38.0 Å². The quantitative estimate of drug-likeness (QED) is 0.899. The highest BCUT2D eigenvalue weighted by Gasteiger charge is 2.39. The fourth-order valence-electron chi connectivity index (χ4n) is 1.34. The molecule has 0 aromatic carbocycles. The molecule has 1 heterocycles. The van der Waals surface area contributed by atoms with E-state index in [-0.39, 0.29) is 10.7 Å². The lowest BCUT2D eigenvalue weighted by Crippen LogP contribution is -2.31. The predicted molar refractivity (Wildman–Crippen MR) is 53.4 cm³/mol. The van der Waals surface area contributed by atoms with Crippen molar-refractivity contribution in [3.63, 3.8) is 0 Å². The Morgan fingerprint density at radius 2 is 2.06 bits per heavy atom. The maximum absolute atomic E-state index is 12.2. The molecule has 0 spiro atoms. The van der Waals surface area contributed by atoms with Gasteiger partial charge in [0.2, 0.25) is 0 Å². The Morgan fingerprint density at radius 3 is 2.44 bits per heavy atom. The molecule has 16 heavy (non-hydrogen) atoms. The van der Waals surface area contributed by atoms with E-state index in [0.717, 1.165) is 0 Å². The third kappa shape index (κ3) is 2.68. The summed E-state index contributed by atoms with van der Waals surface area (Å²) in [6.45, 7) is 1.80. The largest absolute Gasteiger partial charge is 0.414 e. The van der Waals surface area contributed by atoms with Gasteiger partial charge in [-0.1, -0.05) is 18.5 Å². The van der Waals surface area contributed by atoms with Crippen molar-refractivity contribution in [2.24, 2.45) is 7.05 Å². The number of hydrogen-bond acceptors (Lipinski definition) is 2. The molecule has 1 aromatic rings. The molecular weight excluding hydrogens is 245 g/mol. The minimum Gasteiger partial charge on any atom is -0.383 e. The van der Waals surface area contributed by atoms with Crippen LogP contribution in [0.2, 0.25) is 5.02 Å². The Bertz CT molecular complexity index is 376. The molecule has 1 N–H and O–H groups in total. The summed E-state index contributed by atoms with van der Waals surface area (Å²) in [7, 11) is 1.50. The van der Waals surface area contributed by atoms with Crippen LogP contribution in [0.1, 0.15) is 18.3 Å². The zero-order chi connectivity index (χ0) is 12.5. The fraction of sp³-hybridized carbons (Fsp3) is 0.667. The first-order chi connectivity index (χ1) is 7.27. The molecule has 92 valence electrons. The standard InChI is InChI=1S/C9H12ClF3N2O/c1-3-5-8(10)6(15(2)14-5)4-7(16)9(11,12)13/h7,16H,3-4H2,1-2H3/t7-/m0/s1. The minimum atomic E-state index is -4.64. The molecule has 0 aliphatic carbocycles. The van der Waals surface area contributed by atoms with E-state index < -0.39 is 18.7 Å². The zero-order valence-electron chi connectivity index (χ0n) is 8.85. The fourth-order valence-corrected chi connectivity index (χ4v) is 1.71. The summed E-state index contributed by atoms with van der Waals surface area (Å²) < 4.78 is 37.8. The summed E-state index contributed by atoms with van der Waals surface area (Å²) in [6.07, 6.45) is -7.09. The molecular formula is C9H12ClF3N2O. The molecule has 1 atom stereocenters. The lowest BCUT2D eigenvalue weighted by molar-refractivity contribution is -0.203. The number of aliphatic hydroxyl groups excluding tert-OH is 1. The van der Waals surface area contributed by atoms with E-state index >= 15 is 0 Å². The summed E-state index contributed by atoms with van der Waals surface area (Å²) in [6, 6.07) is 0. The Kier molecular flexibility index (Phi) is 3.85. The van der Waals surface area contributed by atoms with Gasteiger partial charge >= 0.3 is 6.18 Å². The third-order valence-electron chi connectivity index (χ3n) is 2.27. The van der Waals surface area contributed by atoms with Gasteiger partial charge in [0, 0.05) is 13.5 Å². The van der Waals surface area contributed by atoms with Crippen LogP contribution in [0.4, 0.5) is 13.2 Å². The summed E-state index contributed by atoms with van der Waals surface area (Å²) in [5, 5.41) is 13.1. The normalized spacial score (nSPS) is 14.2. The van der Waals surface area contributed by atoms with E-state index in [1.807, 2.05) is 0 Å². The van der Waals surface area contributed by atoms with Gasteiger partial charge in [-0.15, -0.1) is 0 Å². The van der Waals surface area contributed by atoms with E-state index in [1.54, 1.807) is 6.92 Å². The summed E-state index contributed by atoms with van der Waals surface area (Å²) in [5.74, 6) is 0. The van der Waals surface area contributed by atoms with Crippen molar-refractivity contribution in [3.05, 3.63) is 16.4 Å². The van der Waals surface area contributed by atoms with Crippen LogP contribution in [0.15, 0.2) is 0 Å². The number of aliphatic hydroxyl groups is 1. The van der Waals surface area contributed by atoms with E-state index in [2.05, 4.69) is 5.10 Å². The van der Waals surface area contributed by atoms with Crippen LogP contribution in [-0.2, 0) is 19.9 Å². The summed E-state index contributed by atoms with van der Waals surface area (Å²) >= 11 is 5.86. The first-order valence-electron chi connectivity index (χ1n) is 4.72. The summed E-state index contributed by atoms with van der Waals surface area (Å²) in [4.78, 5) is 0. The van der Waals surface area contributed by atoms with Gasteiger partial charge in [-0.2, -0.15) is 18.3 Å². The molecule has 0 fully saturated rings. The van der Waals surface area contributed by atoms with Crippen molar-refractivity contribution in [3.8, 4) is 0 Å². The Balaban J connectivity index is 2.93. The van der Waals surface area contributed by atoms with Crippen LogP contribution in [-0.4, -0.2) is 27.2 Å². The van der Waals surface area contributed by atoms with Crippen LogP contribution in [0.25, 0.3) is 0 Å². The van der Waals surface area contributed by atoms with E-state index in [0.29, 0.717) is 12.1 Å². The second kappa shape index (κ2) is 4.63. The molecule has 0 amide bonds. The smallest absolute Gasteiger partial charge is 0.383 e. The number of aryl methyl sites for hydroxylation is 2. The monoisotopic (exact) mass is 256 g/mol. The molecule has 7 heteroatoms. The van der Waals surface area contributed by atoms with E-state index in [1.165, 1.54) is 11.7 Å². The van der Waals surface area contributed by atoms with Crippen molar-refractivity contribution in [2.75, 3.05) is 0 Å². The SMILES string of the molecule is CCc1nn(C)c(C[C@H](O)C(F)(F)F)c1Cl. The maximum Gasteiger partial charge on any atom is 0.414 e. The first kappa shape index (κ1) is 13.3. The highest BCUT2D eigenvalue weighted by atomic mass is 35.5. The molecule has 0 aliphatic rings. The molecule has 1 rings (SSSR count). The Morgan fingerprint density at radius 1 is 1.50 bits per heavy atom. The molecule has 0 aliphatic heterocycles. The van der Waals surface area contributed by atoms with Gasteiger partial charge in [0.1, 0.15) is 0 Å². The van der Waals surface area contributed by atoms with Gasteiger partial charge in [0.15, 0.2) is 6.10 Å². The van der Waals surface area contributed by atoms with Crippen LogP contribution in [0.5, 0.6) is 0 Å². The molecule has 3 nitrogen and oxygen atoms in total. The first-order valence-corrected chi connectivity index (χ1v) is 5.10. The molecule has 0 unspecified atom stereocenters. The highest BCUT2D eigenvalue weighted by Crippen LogP contribution is 2.27. The van der Waals surface area contributed by atoms with Crippen molar-refractivity contribution in [2.45, 2.75) is 32.0 Å². The Hall–Kier alpha value is -0.750. The van der Waals surface area contributed by atoms with E-state index in [9.17, 15) is 13.2 Å². The highest BCUT2D eigenvalue weighted by molar-refractivity contribution is 6.31. The zero-order valence-corrected chi connectivity index (χ0v) is 9.60. The van der Waals surface area contributed by atoms with Crippen LogP contribution >= 0.6 is 11.6 Å². The number of alkyl halides is 3. The minimum absolute atomic E-state index is 0.198. The second-order valence-electron chi connectivity index (χ2n) is 3.45. The van der Waals surface area contributed by atoms with Gasteiger partial charge in [-0.25, -0.2) is 0 Å². The number of halogens is 4. The number of aromatic nitrogens is 2. The van der Waals surface area contributed by atoms with Crippen LogP contribution in [0.3, 0.4) is 0 Å². The molecule has 0 saturated heterocycles. The van der Waals surface area contributed by atoms with Crippen LogP contribution in [0, 0.1) is 0 Å². The summed E-state index contributed by atoms with van der Waals surface area (Å²) in [5.41, 5.74) is 0.733. The van der Waals surface area contributed by atoms with Gasteiger partial charge in [0.05, 0.1) is 16.4 Å². The van der Waals surface area contributed by atoms with Crippen LogP contribution < -0.4 is 0 Å². The number of rotatable bonds is 3. The van der Waals surface area contributed by atoms with E-state index in [4.69, 9.17) is 16.7 Å². The molecule has 1 aromatic heterocycles. The average Bonchev–Trinajstić information content (AvgIpc) is 2.43. The van der Waals surface area contributed by atoms with Gasteiger partial charge in [0.25, 0.3) is 0 Å². The number of hydrogen-bond donors (Lipinski definition) is 1. The predicted octanol–water partition coefficient (Wildman–Crippen LogP) is 2.10. The second-order valence-corrected chi connectivity index (χ2v) is 3.82. The van der Waals surface area contributed by atoms with Crippen molar-refractivity contribution >= 4 is 11.6 Å². The van der Waals surface area contributed by atoms with Crippen molar-refractivity contribution < 1.29 is 18.3 Å². The van der Waals surface area contributed by atoms with Crippen molar-refractivity contribution in [1.29, 1.82) is 0 Å². The lowest BCUT2D eigenvalue weighted by atomic mass is 10.1. The lowest BCUT2D eigenvalue weighted by Gasteiger charge is -2.14. The van der Waals surface area contributed by atoms with Gasteiger partial charge in [-0.3, -0.25) is 4.68 Å². The average molecular weight is 257 g/mol. The third-order valence-corrected chi connectivity index (χ3v) is 2.70. The maximum atomic E-state index is 12.2. The molecule has 0 bridgehead atoms.